The Hall–Kier alpha value is -2.20. The molecular weight excluding hydrogens is 252 g/mol. The summed E-state index contributed by atoms with van der Waals surface area (Å²) >= 11 is 5.27. The Labute approximate surface area is 100.0 Å². The summed E-state index contributed by atoms with van der Waals surface area (Å²) in [4.78, 5) is 0. The lowest BCUT2D eigenvalue weighted by molar-refractivity contribution is 0.585. The summed E-state index contributed by atoms with van der Waals surface area (Å²) in [6, 6.07) is 3.32. The van der Waals surface area contributed by atoms with E-state index in [2.05, 4.69) is 10.5 Å². The Morgan fingerprint density at radius 2 is 2.00 bits per heavy atom. The summed E-state index contributed by atoms with van der Waals surface area (Å²) in [5, 5.41) is 18.2. The highest BCUT2D eigenvalue weighted by molar-refractivity contribution is 6.45. The van der Waals surface area contributed by atoms with Crippen LogP contribution >= 0.6 is 11.6 Å². The number of nitrogens with two attached hydrogens (primary N) is 1. The lowest BCUT2D eigenvalue weighted by atomic mass is 10.3. The number of anilines is 1. The molecule has 0 aliphatic carbocycles. The van der Waals surface area contributed by atoms with Gasteiger partial charge in [-0.05, 0) is 0 Å². The third-order valence-corrected chi connectivity index (χ3v) is 2.00. The summed E-state index contributed by atoms with van der Waals surface area (Å²) in [5.41, 5.74) is 6.75. The van der Waals surface area contributed by atoms with E-state index in [9.17, 15) is 8.78 Å². The molecule has 0 aliphatic rings. The van der Waals surface area contributed by atoms with Gasteiger partial charge in [0.1, 0.15) is 22.7 Å². The summed E-state index contributed by atoms with van der Waals surface area (Å²) in [7, 11) is 0. The summed E-state index contributed by atoms with van der Waals surface area (Å²) in [5.74, 6) is -2.49. The van der Waals surface area contributed by atoms with Crippen LogP contribution in [0.1, 0.15) is 0 Å². The van der Waals surface area contributed by atoms with E-state index >= 15 is 0 Å². The molecule has 5 nitrogen and oxygen atoms in total. The number of nitriles is 1. The smallest absolute Gasteiger partial charge is 0.201 e. The van der Waals surface area contributed by atoms with Gasteiger partial charge in [0.05, 0.1) is 5.69 Å². The van der Waals surface area contributed by atoms with E-state index < -0.39 is 28.2 Å². The number of rotatable bonds is 3. The van der Waals surface area contributed by atoms with Crippen molar-refractivity contribution in [2.75, 3.05) is 5.43 Å². The van der Waals surface area contributed by atoms with Gasteiger partial charge >= 0.3 is 0 Å². The standard InChI is InChI=1S/C9H6ClF2N5/c10-8-5(11)1-4(2-6(8)12)16-17-7(3-13)9(14)15/h1-2,16H,(H3,14,15)/b17-7+. The molecule has 0 spiro atoms. The zero-order chi connectivity index (χ0) is 13.0. The van der Waals surface area contributed by atoms with Crippen molar-refractivity contribution in [2.24, 2.45) is 10.8 Å². The Balaban J connectivity index is 2.98. The van der Waals surface area contributed by atoms with E-state index in [0.29, 0.717) is 0 Å². The van der Waals surface area contributed by atoms with Crippen LogP contribution in [0.3, 0.4) is 0 Å². The van der Waals surface area contributed by atoms with Gasteiger partial charge < -0.3 is 5.73 Å². The molecule has 0 atom stereocenters. The van der Waals surface area contributed by atoms with Crippen molar-refractivity contribution in [1.29, 1.82) is 10.7 Å². The molecule has 0 bridgehead atoms. The van der Waals surface area contributed by atoms with E-state index in [0.717, 1.165) is 12.1 Å². The summed E-state index contributed by atoms with van der Waals surface area (Å²) in [6.07, 6.45) is 0. The monoisotopic (exact) mass is 257 g/mol. The van der Waals surface area contributed by atoms with Crippen molar-refractivity contribution < 1.29 is 8.78 Å². The Morgan fingerprint density at radius 1 is 1.47 bits per heavy atom. The van der Waals surface area contributed by atoms with Gasteiger partial charge in [0, 0.05) is 12.1 Å². The molecule has 0 amide bonds. The average molecular weight is 258 g/mol. The van der Waals surface area contributed by atoms with Crippen LogP contribution in [0, 0.1) is 28.4 Å². The largest absolute Gasteiger partial charge is 0.382 e. The molecule has 4 N–H and O–H groups in total. The Bertz CT molecular complexity index is 512. The van der Waals surface area contributed by atoms with Crippen LogP contribution in [0.15, 0.2) is 17.2 Å². The lowest BCUT2D eigenvalue weighted by Crippen LogP contribution is -2.21. The van der Waals surface area contributed by atoms with Gasteiger partial charge in [-0.25, -0.2) is 8.78 Å². The molecule has 0 radical (unpaired) electrons. The SMILES string of the molecule is N#C/C(=N\Nc1cc(F)c(Cl)c(F)c1)C(=N)N. The van der Waals surface area contributed by atoms with E-state index in [1.165, 1.54) is 6.07 Å². The summed E-state index contributed by atoms with van der Waals surface area (Å²) < 4.78 is 26.0. The predicted octanol–water partition coefficient (Wildman–Crippen LogP) is 1.85. The van der Waals surface area contributed by atoms with Crippen LogP contribution in [-0.2, 0) is 0 Å². The molecule has 0 saturated heterocycles. The molecule has 0 heterocycles. The second-order valence-electron chi connectivity index (χ2n) is 2.85. The van der Waals surface area contributed by atoms with Gasteiger partial charge in [-0.2, -0.15) is 10.4 Å². The first-order valence-corrected chi connectivity index (χ1v) is 4.56. The fourth-order valence-corrected chi connectivity index (χ4v) is 0.995. The van der Waals surface area contributed by atoms with Crippen molar-refractivity contribution in [3.63, 3.8) is 0 Å². The predicted molar refractivity (Wildman–Crippen MR) is 60.0 cm³/mol. The summed E-state index contributed by atoms with van der Waals surface area (Å²) in [6.45, 7) is 0. The zero-order valence-corrected chi connectivity index (χ0v) is 9.02. The van der Waals surface area contributed by atoms with E-state index in [4.69, 9.17) is 28.0 Å². The maximum absolute atomic E-state index is 13.0. The first kappa shape index (κ1) is 12.9. The highest BCUT2D eigenvalue weighted by atomic mass is 35.5. The number of hydrogen-bond acceptors (Lipinski definition) is 4. The fraction of sp³-hybridized carbons (Fsp3) is 0. The van der Waals surface area contributed by atoms with Crippen LogP contribution in [-0.4, -0.2) is 11.5 Å². The van der Waals surface area contributed by atoms with Crippen molar-refractivity contribution in [3.8, 4) is 6.07 Å². The molecule has 88 valence electrons. The average Bonchev–Trinajstić information content (AvgIpc) is 2.26. The van der Waals surface area contributed by atoms with Crippen molar-refractivity contribution in [1.82, 2.24) is 0 Å². The molecular formula is C9H6ClF2N5. The lowest BCUT2D eigenvalue weighted by Gasteiger charge is -2.03. The first-order chi connectivity index (χ1) is 7.95. The van der Waals surface area contributed by atoms with Crippen molar-refractivity contribution in [3.05, 3.63) is 28.8 Å². The number of hydrazone groups is 1. The number of nitrogens with one attached hydrogen (secondary N) is 2. The van der Waals surface area contributed by atoms with Gasteiger partial charge in [-0.15, -0.1) is 0 Å². The molecule has 0 aromatic heterocycles. The van der Waals surface area contributed by atoms with E-state index in [1.54, 1.807) is 0 Å². The molecule has 0 aliphatic heterocycles. The number of halogens is 3. The van der Waals surface area contributed by atoms with Crippen molar-refractivity contribution >= 4 is 28.8 Å². The van der Waals surface area contributed by atoms with Gasteiger partial charge in [0.25, 0.3) is 0 Å². The Morgan fingerprint density at radius 3 is 2.41 bits per heavy atom. The molecule has 1 aromatic carbocycles. The van der Waals surface area contributed by atoms with Crippen LogP contribution in [0.4, 0.5) is 14.5 Å². The minimum atomic E-state index is -0.967. The molecule has 0 saturated carbocycles. The van der Waals surface area contributed by atoms with Crippen molar-refractivity contribution in [2.45, 2.75) is 0 Å². The van der Waals surface area contributed by atoms with Crippen LogP contribution in [0.2, 0.25) is 5.02 Å². The molecule has 0 fully saturated rings. The molecule has 8 heteroatoms. The molecule has 0 unspecified atom stereocenters. The van der Waals surface area contributed by atoms with Gasteiger partial charge in [-0.1, -0.05) is 11.6 Å². The maximum Gasteiger partial charge on any atom is 0.201 e. The fourth-order valence-electron chi connectivity index (χ4n) is 0.886. The third-order valence-electron chi connectivity index (χ3n) is 1.64. The second kappa shape index (κ2) is 5.23. The normalized spacial score (nSPS) is 10.8. The Kier molecular flexibility index (Phi) is 3.96. The van der Waals surface area contributed by atoms with Gasteiger partial charge in [0.15, 0.2) is 5.84 Å². The van der Waals surface area contributed by atoms with E-state index in [-0.39, 0.29) is 5.69 Å². The topological polar surface area (TPSA) is 98.0 Å². The van der Waals surface area contributed by atoms with Gasteiger partial charge in [-0.3, -0.25) is 10.8 Å². The number of nitrogens with zero attached hydrogens (tertiary/aromatic N) is 2. The maximum atomic E-state index is 13.0. The minimum absolute atomic E-state index is 0.0570. The quantitative estimate of drug-likeness (QED) is 0.333. The first-order valence-electron chi connectivity index (χ1n) is 4.18. The highest BCUT2D eigenvalue weighted by Crippen LogP contribution is 2.22. The van der Waals surface area contributed by atoms with Gasteiger partial charge in [0.2, 0.25) is 5.71 Å². The second-order valence-corrected chi connectivity index (χ2v) is 3.23. The minimum Gasteiger partial charge on any atom is -0.382 e. The third kappa shape index (κ3) is 3.12. The number of benzene rings is 1. The zero-order valence-electron chi connectivity index (χ0n) is 8.26. The van der Waals surface area contributed by atoms with Crippen LogP contribution < -0.4 is 11.2 Å². The van der Waals surface area contributed by atoms with Crippen LogP contribution in [0.25, 0.3) is 0 Å². The number of amidine groups is 1. The molecule has 17 heavy (non-hydrogen) atoms. The highest BCUT2D eigenvalue weighted by Gasteiger charge is 2.08. The van der Waals surface area contributed by atoms with E-state index in [1.807, 2.05) is 0 Å². The number of hydrogen-bond donors (Lipinski definition) is 3. The molecule has 1 rings (SSSR count). The van der Waals surface area contributed by atoms with Crippen LogP contribution in [0.5, 0.6) is 0 Å². The molecule has 1 aromatic rings.